The number of nitro groups is 1. The molecule has 0 fully saturated rings. The Balaban J connectivity index is 1.57. The number of anilines is 1. The number of fused-ring (bicyclic) bond motifs is 1. The lowest BCUT2D eigenvalue weighted by Crippen LogP contribution is -2.09. The standard InChI is InChI=1S/C21H17ClN6O4S/c1-3-18-24-25-21-27(18)26-20(33-21)13-6-8-17(32-2)15(11-13)23-19(29)9-5-12-4-7-14(22)16(10-12)28(30)31/h4-11H,3H2,1-2H3,(H,23,29)/b9-5+. The van der Waals surface area contributed by atoms with Crippen molar-refractivity contribution >= 4 is 51.3 Å². The van der Waals surface area contributed by atoms with Crippen molar-refractivity contribution in [1.29, 1.82) is 0 Å². The molecular weight excluding hydrogens is 468 g/mol. The molecular formula is C21H17ClN6O4S. The fourth-order valence-corrected chi connectivity index (χ4v) is 4.09. The van der Waals surface area contributed by atoms with Crippen LogP contribution in [0.15, 0.2) is 42.5 Å². The summed E-state index contributed by atoms with van der Waals surface area (Å²) < 4.78 is 7.07. The molecule has 2 aromatic heterocycles. The van der Waals surface area contributed by atoms with E-state index in [9.17, 15) is 14.9 Å². The van der Waals surface area contributed by atoms with Crippen molar-refractivity contribution in [2.75, 3.05) is 12.4 Å². The highest BCUT2D eigenvalue weighted by molar-refractivity contribution is 7.19. The number of hydrogen-bond acceptors (Lipinski definition) is 8. The van der Waals surface area contributed by atoms with Gasteiger partial charge in [-0.05, 0) is 35.9 Å². The van der Waals surface area contributed by atoms with Gasteiger partial charge in [0.2, 0.25) is 10.9 Å². The Bertz CT molecular complexity index is 1400. The van der Waals surface area contributed by atoms with Gasteiger partial charge in [-0.2, -0.15) is 9.61 Å². The summed E-state index contributed by atoms with van der Waals surface area (Å²) in [6, 6.07) is 9.63. The van der Waals surface area contributed by atoms with Gasteiger partial charge in [-0.1, -0.05) is 35.9 Å². The minimum absolute atomic E-state index is 0.0274. The molecule has 0 radical (unpaired) electrons. The minimum Gasteiger partial charge on any atom is -0.495 e. The predicted octanol–water partition coefficient (Wildman–Crippen LogP) is 4.64. The lowest BCUT2D eigenvalue weighted by molar-refractivity contribution is -0.384. The van der Waals surface area contributed by atoms with Crippen LogP contribution in [0.1, 0.15) is 18.3 Å². The molecule has 0 aliphatic rings. The molecule has 1 amide bonds. The van der Waals surface area contributed by atoms with Gasteiger partial charge in [0, 0.05) is 24.1 Å². The lowest BCUT2D eigenvalue weighted by Gasteiger charge is -2.10. The van der Waals surface area contributed by atoms with Crippen molar-refractivity contribution in [3.8, 4) is 16.3 Å². The highest BCUT2D eigenvalue weighted by atomic mass is 35.5. The molecule has 0 aliphatic carbocycles. The molecule has 0 spiro atoms. The lowest BCUT2D eigenvalue weighted by atomic mass is 10.1. The van der Waals surface area contributed by atoms with Gasteiger partial charge < -0.3 is 10.1 Å². The minimum atomic E-state index is -0.578. The number of aryl methyl sites for hydroxylation is 1. The van der Waals surface area contributed by atoms with E-state index in [-0.39, 0.29) is 10.7 Å². The van der Waals surface area contributed by atoms with Crippen molar-refractivity contribution in [3.05, 3.63) is 69.0 Å². The van der Waals surface area contributed by atoms with Crippen LogP contribution in [0.2, 0.25) is 5.02 Å². The topological polar surface area (TPSA) is 125 Å². The number of benzene rings is 2. The molecule has 10 nitrogen and oxygen atoms in total. The molecule has 0 atom stereocenters. The number of nitro benzene ring substituents is 1. The van der Waals surface area contributed by atoms with Crippen LogP contribution in [0, 0.1) is 10.1 Å². The summed E-state index contributed by atoms with van der Waals surface area (Å²) in [5, 5.41) is 27.4. The number of rotatable bonds is 7. The molecule has 12 heteroatoms. The largest absolute Gasteiger partial charge is 0.495 e. The average molecular weight is 485 g/mol. The zero-order valence-corrected chi connectivity index (χ0v) is 19.1. The predicted molar refractivity (Wildman–Crippen MR) is 126 cm³/mol. The van der Waals surface area contributed by atoms with E-state index < -0.39 is 10.8 Å². The van der Waals surface area contributed by atoms with Crippen molar-refractivity contribution in [2.45, 2.75) is 13.3 Å². The summed E-state index contributed by atoms with van der Waals surface area (Å²) in [6.45, 7) is 1.98. The number of carbonyl (C=O) groups is 1. The monoisotopic (exact) mass is 484 g/mol. The van der Waals surface area contributed by atoms with E-state index in [0.717, 1.165) is 16.4 Å². The highest BCUT2D eigenvalue weighted by Gasteiger charge is 2.15. The Morgan fingerprint density at radius 1 is 1.30 bits per heavy atom. The zero-order chi connectivity index (χ0) is 23.5. The number of halogens is 1. The van der Waals surface area contributed by atoms with Gasteiger partial charge in [-0.15, -0.1) is 10.2 Å². The SMILES string of the molecule is CCc1nnc2sc(-c3ccc(OC)c(NC(=O)/C=C/c4ccc(Cl)c([N+](=O)[O-])c4)c3)nn12. The zero-order valence-electron chi connectivity index (χ0n) is 17.5. The van der Waals surface area contributed by atoms with Crippen LogP contribution in [-0.2, 0) is 11.2 Å². The molecule has 33 heavy (non-hydrogen) atoms. The number of methoxy groups -OCH3 is 1. The number of hydrogen-bond donors (Lipinski definition) is 1. The van der Waals surface area contributed by atoms with E-state index >= 15 is 0 Å². The van der Waals surface area contributed by atoms with Gasteiger partial charge in [-0.25, -0.2) is 0 Å². The van der Waals surface area contributed by atoms with Gasteiger partial charge in [0.25, 0.3) is 5.69 Å². The normalized spacial score (nSPS) is 11.2. The number of carbonyl (C=O) groups excluding carboxylic acids is 1. The van der Waals surface area contributed by atoms with Crippen LogP contribution in [0.4, 0.5) is 11.4 Å². The Labute approximate surface area is 196 Å². The number of amides is 1. The molecule has 0 saturated carbocycles. The van der Waals surface area contributed by atoms with Crippen LogP contribution >= 0.6 is 22.9 Å². The van der Waals surface area contributed by atoms with Gasteiger partial charge in [0.15, 0.2) is 5.82 Å². The van der Waals surface area contributed by atoms with Crippen molar-refractivity contribution in [3.63, 3.8) is 0 Å². The molecule has 0 saturated heterocycles. The average Bonchev–Trinajstić information content (AvgIpc) is 3.39. The fourth-order valence-electron chi connectivity index (χ4n) is 3.05. The Kier molecular flexibility index (Phi) is 6.33. The van der Waals surface area contributed by atoms with Crippen molar-refractivity contribution < 1.29 is 14.5 Å². The van der Waals surface area contributed by atoms with Crippen LogP contribution in [0.5, 0.6) is 5.75 Å². The van der Waals surface area contributed by atoms with Crippen molar-refractivity contribution in [2.24, 2.45) is 0 Å². The molecule has 168 valence electrons. The van der Waals surface area contributed by atoms with Crippen LogP contribution < -0.4 is 10.1 Å². The molecule has 2 heterocycles. The second-order valence-electron chi connectivity index (χ2n) is 6.78. The molecule has 2 aromatic carbocycles. The summed E-state index contributed by atoms with van der Waals surface area (Å²) in [5.41, 5.74) is 1.47. The molecule has 0 aliphatic heterocycles. The summed E-state index contributed by atoms with van der Waals surface area (Å²) >= 11 is 7.21. The first-order chi connectivity index (χ1) is 15.9. The van der Waals surface area contributed by atoms with Crippen LogP contribution in [0.25, 0.3) is 21.6 Å². The quantitative estimate of drug-likeness (QED) is 0.230. The third-order valence-electron chi connectivity index (χ3n) is 4.67. The summed E-state index contributed by atoms with van der Waals surface area (Å²) in [6.07, 6.45) is 3.44. The number of nitrogens with one attached hydrogen (secondary N) is 1. The van der Waals surface area contributed by atoms with E-state index in [1.54, 1.807) is 22.7 Å². The third-order valence-corrected chi connectivity index (χ3v) is 5.94. The van der Waals surface area contributed by atoms with Crippen LogP contribution in [-0.4, -0.2) is 37.8 Å². The third kappa shape index (κ3) is 4.69. The molecule has 1 N–H and O–H groups in total. The second-order valence-corrected chi connectivity index (χ2v) is 8.14. The summed E-state index contributed by atoms with van der Waals surface area (Å²) in [7, 11) is 1.50. The Hall–Kier alpha value is -3.83. The number of nitrogens with zero attached hydrogens (tertiary/aromatic N) is 5. The summed E-state index contributed by atoms with van der Waals surface area (Å²) in [4.78, 5) is 23.7. The van der Waals surface area contributed by atoms with E-state index in [4.69, 9.17) is 16.3 Å². The first-order valence-electron chi connectivity index (χ1n) is 9.72. The van der Waals surface area contributed by atoms with E-state index in [1.807, 2.05) is 13.0 Å². The highest BCUT2D eigenvalue weighted by Crippen LogP contribution is 2.33. The van der Waals surface area contributed by atoms with E-state index in [1.165, 1.54) is 42.7 Å². The van der Waals surface area contributed by atoms with Gasteiger partial charge in [-0.3, -0.25) is 14.9 Å². The number of aromatic nitrogens is 4. The molecule has 4 rings (SSSR count). The van der Waals surface area contributed by atoms with Crippen LogP contribution in [0.3, 0.4) is 0 Å². The maximum atomic E-state index is 12.5. The van der Waals surface area contributed by atoms with Gasteiger partial charge >= 0.3 is 0 Å². The maximum absolute atomic E-state index is 12.5. The van der Waals surface area contributed by atoms with E-state index in [2.05, 4.69) is 20.6 Å². The fraction of sp³-hybridized carbons (Fsp3) is 0.143. The molecule has 4 aromatic rings. The Morgan fingerprint density at radius 2 is 2.12 bits per heavy atom. The Morgan fingerprint density at radius 3 is 2.85 bits per heavy atom. The first kappa shape index (κ1) is 22.4. The van der Waals surface area contributed by atoms with Crippen molar-refractivity contribution in [1.82, 2.24) is 19.8 Å². The first-order valence-corrected chi connectivity index (χ1v) is 10.9. The number of ether oxygens (including phenoxy) is 1. The smallest absolute Gasteiger partial charge is 0.288 e. The van der Waals surface area contributed by atoms with E-state index in [0.29, 0.717) is 28.4 Å². The summed E-state index contributed by atoms with van der Waals surface area (Å²) in [5.74, 6) is 0.802. The molecule has 0 unspecified atom stereocenters. The second kappa shape index (κ2) is 9.35. The van der Waals surface area contributed by atoms with Gasteiger partial charge in [0.1, 0.15) is 15.8 Å². The molecule has 0 bridgehead atoms. The van der Waals surface area contributed by atoms with Gasteiger partial charge in [0.05, 0.1) is 17.7 Å². The maximum Gasteiger partial charge on any atom is 0.288 e.